The molecule has 62 valence electrons. The number of hydrogen-bond donors (Lipinski definition) is 1. The lowest BCUT2D eigenvalue weighted by atomic mass is 10.4. The Balaban J connectivity index is 2.37. The maximum Gasteiger partial charge on any atom is 0.408 e. The number of rotatable bonds is 2. The quantitative estimate of drug-likeness (QED) is 0.560. The smallest absolute Gasteiger partial charge is 0.408 e. The fourth-order valence-corrected chi connectivity index (χ4v) is 0.755. The zero-order chi connectivity index (χ0) is 8.27. The predicted molar refractivity (Wildman–Crippen MR) is 34.9 cm³/mol. The van der Waals surface area contributed by atoms with Crippen LogP contribution in [0.15, 0.2) is 0 Å². The first-order chi connectivity index (χ1) is 5.24. The molecule has 1 unspecified atom stereocenters. The molecular formula is C6H9NO4. The molecule has 0 aromatic rings. The summed E-state index contributed by atoms with van der Waals surface area (Å²) in [5.74, 6) is -0.495. The van der Waals surface area contributed by atoms with Crippen LogP contribution < -0.4 is 5.32 Å². The van der Waals surface area contributed by atoms with E-state index in [4.69, 9.17) is 0 Å². The molecule has 1 atom stereocenters. The highest BCUT2D eigenvalue weighted by Gasteiger charge is 2.30. The standard InChI is InChI=1S/C6H9NO4/c1-2-10-5(8)4-3-7-6(9)11-4/h4H,2-3H2,1H3,(H,7,9). The van der Waals surface area contributed by atoms with Gasteiger partial charge in [-0.15, -0.1) is 0 Å². The molecule has 0 saturated carbocycles. The van der Waals surface area contributed by atoms with E-state index in [1.807, 2.05) is 0 Å². The second kappa shape index (κ2) is 3.23. The summed E-state index contributed by atoms with van der Waals surface area (Å²) in [6.45, 7) is 2.20. The Morgan fingerprint density at radius 2 is 2.64 bits per heavy atom. The molecular weight excluding hydrogens is 150 g/mol. The molecule has 0 aromatic heterocycles. The minimum absolute atomic E-state index is 0.206. The Morgan fingerprint density at radius 3 is 3.09 bits per heavy atom. The van der Waals surface area contributed by atoms with Gasteiger partial charge in [0.1, 0.15) is 0 Å². The van der Waals surface area contributed by atoms with E-state index in [1.54, 1.807) is 6.92 Å². The molecule has 1 rings (SSSR count). The highest BCUT2D eigenvalue weighted by atomic mass is 16.6. The zero-order valence-corrected chi connectivity index (χ0v) is 6.12. The van der Waals surface area contributed by atoms with E-state index in [2.05, 4.69) is 14.8 Å². The number of carbonyl (C=O) groups excluding carboxylic acids is 2. The average molecular weight is 159 g/mol. The van der Waals surface area contributed by atoms with Crippen molar-refractivity contribution in [3.63, 3.8) is 0 Å². The van der Waals surface area contributed by atoms with Gasteiger partial charge in [-0.2, -0.15) is 0 Å². The van der Waals surface area contributed by atoms with E-state index >= 15 is 0 Å². The van der Waals surface area contributed by atoms with Gasteiger partial charge in [0.15, 0.2) is 0 Å². The van der Waals surface area contributed by atoms with Gasteiger partial charge in [-0.1, -0.05) is 0 Å². The van der Waals surface area contributed by atoms with E-state index in [1.165, 1.54) is 0 Å². The lowest BCUT2D eigenvalue weighted by Crippen LogP contribution is -2.26. The second-order valence-electron chi connectivity index (χ2n) is 2.03. The number of hydrogen-bond acceptors (Lipinski definition) is 4. The number of carbonyl (C=O) groups is 2. The van der Waals surface area contributed by atoms with Crippen molar-refractivity contribution in [3.05, 3.63) is 0 Å². The summed E-state index contributed by atoms with van der Waals surface area (Å²) in [4.78, 5) is 21.3. The molecule has 1 amide bonds. The fraction of sp³-hybridized carbons (Fsp3) is 0.667. The van der Waals surface area contributed by atoms with Crippen LogP contribution in [-0.4, -0.2) is 31.3 Å². The Bertz CT molecular complexity index is 179. The van der Waals surface area contributed by atoms with Crippen LogP contribution >= 0.6 is 0 Å². The van der Waals surface area contributed by atoms with Gasteiger partial charge in [-0.05, 0) is 6.92 Å². The third-order valence-corrected chi connectivity index (χ3v) is 1.23. The summed E-state index contributed by atoms with van der Waals surface area (Å²) in [6.07, 6.45) is -1.33. The minimum atomic E-state index is -0.762. The fourth-order valence-electron chi connectivity index (χ4n) is 0.755. The Morgan fingerprint density at radius 1 is 1.91 bits per heavy atom. The van der Waals surface area contributed by atoms with Crippen LogP contribution in [0.1, 0.15) is 6.92 Å². The Labute approximate surface area is 63.7 Å². The van der Waals surface area contributed by atoms with Gasteiger partial charge in [0, 0.05) is 0 Å². The van der Waals surface area contributed by atoms with Crippen molar-refractivity contribution in [2.45, 2.75) is 13.0 Å². The van der Waals surface area contributed by atoms with Crippen molar-refractivity contribution in [1.29, 1.82) is 0 Å². The summed E-state index contributed by atoms with van der Waals surface area (Å²) >= 11 is 0. The average Bonchev–Trinajstić information content (AvgIpc) is 2.36. The van der Waals surface area contributed by atoms with E-state index in [9.17, 15) is 9.59 Å². The number of cyclic esters (lactones) is 1. The van der Waals surface area contributed by atoms with Crippen LogP contribution in [0.5, 0.6) is 0 Å². The van der Waals surface area contributed by atoms with Crippen LogP contribution in [0.25, 0.3) is 0 Å². The maximum absolute atomic E-state index is 10.9. The van der Waals surface area contributed by atoms with Crippen molar-refractivity contribution in [3.8, 4) is 0 Å². The maximum atomic E-state index is 10.9. The van der Waals surface area contributed by atoms with Crippen molar-refractivity contribution in [2.24, 2.45) is 0 Å². The molecule has 5 nitrogen and oxygen atoms in total. The molecule has 11 heavy (non-hydrogen) atoms. The van der Waals surface area contributed by atoms with Crippen LogP contribution in [0, 0.1) is 0 Å². The second-order valence-corrected chi connectivity index (χ2v) is 2.03. The van der Waals surface area contributed by atoms with E-state index in [0.717, 1.165) is 0 Å². The molecule has 0 bridgehead atoms. The predicted octanol–water partition coefficient (Wildman–Crippen LogP) is -0.342. The van der Waals surface area contributed by atoms with Gasteiger partial charge in [0.2, 0.25) is 6.10 Å². The van der Waals surface area contributed by atoms with Crippen molar-refractivity contribution in [1.82, 2.24) is 5.32 Å². The first-order valence-electron chi connectivity index (χ1n) is 3.35. The van der Waals surface area contributed by atoms with Gasteiger partial charge in [-0.3, -0.25) is 0 Å². The normalized spacial score (nSPS) is 22.3. The van der Waals surface area contributed by atoms with Crippen molar-refractivity contribution < 1.29 is 19.1 Å². The van der Waals surface area contributed by atoms with Crippen molar-refractivity contribution in [2.75, 3.05) is 13.2 Å². The van der Waals surface area contributed by atoms with Gasteiger partial charge >= 0.3 is 12.1 Å². The van der Waals surface area contributed by atoms with Gasteiger partial charge in [0.05, 0.1) is 13.2 Å². The Hall–Kier alpha value is -1.26. The molecule has 0 aromatic carbocycles. The summed E-state index contributed by atoms with van der Waals surface area (Å²) in [6, 6.07) is 0. The summed E-state index contributed by atoms with van der Waals surface area (Å²) < 4.78 is 9.17. The first-order valence-corrected chi connectivity index (χ1v) is 3.35. The summed E-state index contributed by atoms with van der Waals surface area (Å²) in [5.41, 5.74) is 0. The number of alkyl carbamates (subject to hydrolysis) is 1. The highest BCUT2D eigenvalue weighted by Crippen LogP contribution is 2.01. The van der Waals surface area contributed by atoms with Crippen LogP contribution in [0.2, 0.25) is 0 Å². The molecule has 1 aliphatic rings. The highest BCUT2D eigenvalue weighted by molar-refractivity contribution is 5.82. The molecule has 5 heteroatoms. The topological polar surface area (TPSA) is 64.6 Å². The van der Waals surface area contributed by atoms with Crippen LogP contribution in [-0.2, 0) is 14.3 Å². The van der Waals surface area contributed by atoms with Gasteiger partial charge in [0.25, 0.3) is 0 Å². The molecule has 1 saturated heterocycles. The molecule has 0 aliphatic carbocycles. The van der Waals surface area contributed by atoms with E-state index in [-0.39, 0.29) is 6.54 Å². The zero-order valence-electron chi connectivity index (χ0n) is 6.12. The summed E-state index contributed by atoms with van der Waals surface area (Å²) in [7, 11) is 0. The largest absolute Gasteiger partial charge is 0.463 e. The molecule has 1 aliphatic heterocycles. The molecule has 0 radical (unpaired) electrons. The lowest BCUT2D eigenvalue weighted by molar-refractivity contribution is -0.151. The van der Waals surface area contributed by atoms with Crippen molar-refractivity contribution >= 4 is 12.1 Å². The molecule has 1 fully saturated rings. The number of amides is 1. The third-order valence-electron chi connectivity index (χ3n) is 1.23. The third kappa shape index (κ3) is 1.83. The lowest BCUT2D eigenvalue weighted by Gasteiger charge is -2.05. The van der Waals surface area contributed by atoms with Crippen LogP contribution in [0.3, 0.4) is 0 Å². The first kappa shape index (κ1) is 7.84. The SMILES string of the molecule is CCOC(=O)C1CNC(=O)O1. The Kier molecular flexibility index (Phi) is 2.30. The molecule has 1 N–H and O–H groups in total. The number of esters is 1. The van der Waals surface area contributed by atoms with Gasteiger partial charge in [-0.25, -0.2) is 9.59 Å². The summed E-state index contributed by atoms with van der Waals surface area (Å²) in [5, 5.41) is 2.35. The minimum Gasteiger partial charge on any atom is -0.463 e. The number of nitrogens with one attached hydrogen (secondary N) is 1. The van der Waals surface area contributed by atoms with E-state index < -0.39 is 18.2 Å². The monoisotopic (exact) mass is 159 g/mol. The number of ether oxygens (including phenoxy) is 2. The molecule has 0 spiro atoms. The molecule has 1 heterocycles. The van der Waals surface area contributed by atoms with E-state index in [0.29, 0.717) is 6.61 Å². The van der Waals surface area contributed by atoms with Gasteiger partial charge < -0.3 is 14.8 Å². The van der Waals surface area contributed by atoms with Crippen LogP contribution in [0.4, 0.5) is 4.79 Å².